The molecule has 5 aliphatic rings. The maximum atomic E-state index is 17.6. The lowest BCUT2D eigenvalue weighted by molar-refractivity contribution is -0.231. The molecule has 0 bridgehead atoms. The lowest BCUT2D eigenvalue weighted by Crippen LogP contribution is -2.69. The number of nitrogens with one attached hydrogen (secondary N) is 1. The van der Waals surface area contributed by atoms with Crippen LogP contribution in [0.1, 0.15) is 70.8 Å². The summed E-state index contributed by atoms with van der Waals surface area (Å²) in [6.07, 6.45) is 6.76. The van der Waals surface area contributed by atoms with E-state index in [1.807, 2.05) is 42.1 Å². The first-order valence-electron chi connectivity index (χ1n) is 16.2. The quantitative estimate of drug-likeness (QED) is 0.398. The molecule has 3 N–H and O–H groups in total. The van der Waals surface area contributed by atoms with Gasteiger partial charge in [0, 0.05) is 53.0 Å². The van der Waals surface area contributed by atoms with E-state index in [9.17, 15) is 19.8 Å². The van der Waals surface area contributed by atoms with E-state index in [2.05, 4.69) is 31.3 Å². The Hall–Kier alpha value is -3.11. The van der Waals surface area contributed by atoms with Crippen molar-refractivity contribution >= 4 is 17.3 Å². The number of nitrogens with zero attached hydrogens (tertiary/aromatic N) is 1. The Morgan fingerprint density at radius 2 is 2.02 bits per heavy atom. The van der Waals surface area contributed by atoms with Crippen molar-refractivity contribution in [2.45, 2.75) is 95.7 Å². The molecule has 4 fully saturated rings. The van der Waals surface area contributed by atoms with Gasteiger partial charge in [0.25, 0.3) is 0 Å². The summed E-state index contributed by atoms with van der Waals surface area (Å²) in [5, 5.41) is 25.4. The molecule has 9 atom stereocenters. The highest BCUT2D eigenvalue weighted by molar-refractivity contribution is 6.01. The molecule has 0 spiro atoms. The smallest absolute Gasteiger partial charge is 0.193 e. The number of Topliss-reactive ketones (excluding diaryl/α,β-unsaturated/α-hetero) is 1. The van der Waals surface area contributed by atoms with Crippen LogP contribution in [0.4, 0.5) is 10.1 Å². The number of ketones is 2. The van der Waals surface area contributed by atoms with E-state index in [4.69, 9.17) is 9.47 Å². The van der Waals surface area contributed by atoms with Crippen molar-refractivity contribution in [2.75, 3.05) is 11.9 Å². The van der Waals surface area contributed by atoms with Crippen LogP contribution in [0.2, 0.25) is 0 Å². The number of fused-ring (bicyclic) bond motifs is 7. The Kier molecular flexibility index (Phi) is 7.09. The number of aromatic nitrogens is 1. The highest BCUT2D eigenvalue weighted by Crippen LogP contribution is 2.72. The minimum absolute atomic E-state index is 0.0323. The average molecular weight is 619 g/mol. The predicted octanol–water partition coefficient (Wildman–Crippen LogP) is 5.05. The third kappa shape index (κ3) is 4.23. The molecule has 0 unspecified atom stereocenters. The van der Waals surface area contributed by atoms with Crippen molar-refractivity contribution in [3.63, 3.8) is 0 Å². The van der Waals surface area contributed by atoms with Gasteiger partial charge in [-0.2, -0.15) is 0 Å². The Labute approximate surface area is 263 Å². The van der Waals surface area contributed by atoms with Crippen LogP contribution in [0.5, 0.6) is 0 Å². The van der Waals surface area contributed by atoms with Gasteiger partial charge in [-0.25, -0.2) is 4.39 Å². The van der Waals surface area contributed by atoms with Gasteiger partial charge in [0.2, 0.25) is 0 Å². The van der Waals surface area contributed by atoms with E-state index in [-0.39, 0.29) is 18.1 Å². The number of ether oxygens (including phenoxy) is 2. The summed E-state index contributed by atoms with van der Waals surface area (Å²) in [5.41, 5.74) is -2.05. The molecule has 1 aromatic carbocycles. The van der Waals surface area contributed by atoms with Gasteiger partial charge in [0.05, 0.1) is 12.2 Å². The second-order valence-electron chi connectivity index (χ2n) is 14.5. The van der Waals surface area contributed by atoms with E-state index in [1.54, 1.807) is 13.0 Å². The number of benzene rings is 1. The fourth-order valence-electron chi connectivity index (χ4n) is 9.72. The van der Waals surface area contributed by atoms with Crippen LogP contribution in [0.3, 0.4) is 0 Å². The number of hydrogen-bond donors (Lipinski definition) is 3. The topological polar surface area (TPSA) is 110 Å². The van der Waals surface area contributed by atoms with Gasteiger partial charge in [-0.3, -0.25) is 9.59 Å². The molecule has 2 heterocycles. The minimum Gasteiger partial charge on any atom is -0.390 e. The number of aliphatic hydroxyl groups is 2. The number of aliphatic hydroxyl groups excluding tert-OH is 2. The number of halogens is 1. The number of carbonyl (C=O) groups excluding carboxylic acids is 2. The summed E-state index contributed by atoms with van der Waals surface area (Å²) in [4.78, 5) is 25.9. The normalized spacial score (nSPS) is 40.0. The van der Waals surface area contributed by atoms with Crippen LogP contribution in [-0.4, -0.2) is 62.5 Å². The summed E-state index contributed by atoms with van der Waals surface area (Å²) in [6.45, 7) is 7.76. The van der Waals surface area contributed by atoms with Crippen molar-refractivity contribution in [2.24, 2.45) is 22.7 Å². The van der Waals surface area contributed by atoms with Gasteiger partial charge in [-0.05, 0) is 88.3 Å². The van der Waals surface area contributed by atoms with Crippen molar-refractivity contribution in [3.8, 4) is 0 Å². The first-order valence-corrected chi connectivity index (χ1v) is 16.2. The molecular weight excluding hydrogens is 575 g/mol. The Morgan fingerprint density at radius 3 is 2.78 bits per heavy atom. The van der Waals surface area contributed by atoms with Crippen LogP contribution in [0, 0.1) is 22.7 Å². The molecule has 3 saturated carbocycles. The Morgan fingerprint density at radius 1 is 1.22 bits per heavy atom. The van der Waals surface area contributed by atoms with E-state index >= 15 is 4.39 Å². The molecule has 8 nitrogen and oxygen atoms in total. The molecule has 7 rings (SSSR count). The van der Waals surface area contributed by atoms with Crippen molar-refractivity contribution < 1.29 is 33.7 Å². The predicted molar refractivity (Wildman–Crippen MR) is 166 cm³/mol. The molecule has 2 aromatic rings. The Balaban J connectivity index is 1.17. The molecule has 240 valence electrons. The molecule has 1 aromatic heterocycles. The molecule has 0 radical (unpaired) electrons. The standard InChI is InChI=1S/C36H43FN2O6/c1-21(2)38-25-7-5-6-22(14-25)18-39-13-11-23(19-39)32-44-31-16-28-27-9-8-24-15-26(41)10-12-33(24,3)35(27,37)29(42)17-34(28,4)36(31,45-32)30(43)20-40/h5-7,10-15,19,21,27-29,31-32,38,40,42H,8-9,16-18,20H2,1-4H3/t27-,28-,29-,31+,32+,33-,34-,35-,36+/m0/s1. The van der Waals surface area contributed by atoms with Crippen molar-refractivity contribution in [3.05, 3.63) is 77.7 Å². The zero-order chi connectivity index (χ0) is 31.9. The number of allylic oxidation sites excluding steroid dienone is 4. The Bertz CT molecular complexity index is 1600. The number of rotatable bonds is 7. The fraction of sp³-hybridized carbons (Fsp3) is 0.556. The third-order valence-corrected chi connectivity index (χ3v) is 11.7. The van der Waals surface area contributed by atoms with Gasteiger partial charge in [0.1, 0.15) is 6.61 Å². The van der Waals surface area contributed by atoms with Crippen LogP contribution in [-0.2, 0) is 25.6 Å². The highest BCUT2D eigenvalue weighted by atomic mass is 19.1. The van der Waals surface area contributed by atoms with Crippen LogP contribution < -0.4 is 5.32 Å². The summed E-state index contributed by atoms with van der Waals surface area (Å²) in [7, 11) is 0. The minimum atomic E-state index is -2.03. The summed E-state index contributed by atoms with van der Waals surface area (Å²) >= 11 is 0. The third-order valence-electron chi connectivity index (χ3n) is 11.7. The lowest BCUT2D eigenvalue weighted by Gasteiger charge is -2.62. The van der Waals surface area contributed by atoms with E-state index in [0.717, 1.165) is 16.8 Å². The first-order chi connectivity index (χ1) is 21.4. The zero-order valence-corrected chi connectivity index (χ0v) is 26.3. The van der Waals surface area contributed by atoms with Crippen LogP contribution in [0.15, 0.2) is 66.5 Å². The van der Waals surface area contributed by atoms with Crippen molar-refractivity contribution in [1.82, 2.24) is 4.57 Å². The van der Waals surface area contributed by atoms with Crippen molar-refractivity contribution in [1.29, 1.82) is 0 Å². The number of alkyl halides is 1. The average Bonchev–Trinajstić information content (AvgIpc) is 3.67. The zero-order valence-electron chi connectivity index (χ0n) is 26.3. The molecule has 9 heteroatoms. The van der Waals surface area contributed by atoms with E-state index < -0.39 is 58.9 Å². The van der Waals surface area contributed by atoms with Gasteiger partial charge in [-0.15, -0.1) is 0 Å². The SMILES string of the molecule is CC(C)Nc1cccc(Cn2ccc([C@@H]3O[C@@H]4C[C@H]5[C@@H]6CCC7=CC(=O)C=C[C@]7(C)[C@@]6(F)[C@@H](O)C[C@]5(C)[C@]4(C(=O)CO)O3)c2)c1. The molecule has 0 amide bonds. The lowest BCUT2D eigenvalue weighted by atomic mass is 9.44. The second-order valence-corrected chi connectivity index (χ2v) is 14.5. The van der Waals surface area contributed by atoms with E-state index in [1.165, 1.54) is 12.2 Å². The van der Waals surface area contributed by atoms with E-state index in [0.29, 0.717) is 37.4 Å². The maximum absolute atomic E-state index is 17.6. The van der Waals surface area contributed by atoms with Crippen LogP contribution in [0.25, 0.3) is 0 Å². The number of carbonyl (C=O) groups is 2. The maximum Gasteiger partial charge on any atom is 0.193 e. The first kappa shape index (κ1) is 30.5. The molecule has 45 heavy (non-hydrogen) atoms. The second kappa shape index (κ2) is 10.5. The van der Waals surface area contributed by atoms with Gasteiger partial charge in [-0.1, -0.05) is 30.7 Å². The molecule has 1 aliphatic heterocycles. The van der Waals surface area contributed by atoms with Crippen LogP contribution >= 0.6 is 0 Å². The highest BCUT2D eigenvalue weighted by Gasteiger charge is 2.79. The molecular formula is C36H43FN2O6. The summed E-state index contributed by atoms with van der Waals surface area (Å²) in [6, 6.07) is 10.5. The fourth-order valence-corrected chi connectivity index (χ4v) is 9.72. The van der Waals surface area contributed by atoms with Gasteiger partial charge < -0.3 is 29.6 Å². The summed E-state index contributed by atoms with van der Waals surface area (Å²) in [5.74, 6) is -1.60. The van der Waals surface area contributed by atoms with Gasteiger partial charge >= 0.3 is 0 Å². The molecule has 1 saturated heterocycles. The molecule has 4 aliphatic carbocycles. The van der Waals surface area contributed by atoms with Gasteiger partial charge in [0.15, 0.2) is 29.1 Å². The number of hydrogen-bond acceptors (Lipinski definition) is 7. The largest absolute Gasteiger partial charge is 0.390 e. The summed E-state index contributed by atoms with van der Waals surface area (Å²) < 4.78 is 32.8. The monoisotopic (exact) mass is 618 g/mol. The number of anilines is 1.